The maximum Gasteiger partial charge on any atom is 0.272 e. The Hall–Kier alpha value is -6.00. The molecule has 1 aliphatic heterocycles. The fourth-order valence-corrected chi connectivity index (χ4v) is 6.18. The summed E-state index contributed by atoms with van der Waals surface area (Å²) in [6.07, 6.45) is 1.64. The molecule has 6 rings (SSSR count). The zero-order valence-corrected chi connectivity index (χ0v) is 28.4. The first kappa shape index (κ1) is 33.9. The van der Waals surface area contributed by atoms with Crippen LogP contribution in [0.4, 0.5) is 17.1 Å². The first-order valence-electron chi connectivity index (χ1n) is 16.0. The Kier molecular flexibility index (Phi) is 10.8. The number of amides is 3. The third kappa shape index (κ3) is 8.72. The molecule has 1 aliphatic rings. The molecule has 0 spiro atoms. The normalized spacial score (nSPS) is 12.7. The predicted molar refractivity (Wildman–Crippen MR) is 199 cm³/mol. The number of benzene rings is 5. The predicted octanol–water partition coefficient (Wildman–Crippen LogP) is 7.41. The van der Waals surface area contributed by atoms with E-state index < -0.39 is 17.1 Å². The number of nitrogens with zero attached hydrogens (tertiary/aromatic N) is 1. The molecule has 0 saturated heterocycles. The van der Waals surface area contributed by atoms with Crippen LogP contribution in [-0.4, -0.2) is 45.0 Å². The van der Waals surface area contributed by atoms with Gasteiger partial charge in [0.1, 0.15) is 24.2 Å². The highest BCUT2D eigenvalue weighted by atomic mass is 32.2. The van der Waals surface area contributed by atoms with Gasteiger partial charge in [0.2, 0.25) is 5.91 Å². The van der Waals surface area contributed by atoms with Crippen LogP contribution in [0.25, 0.3) is 6.08 Å². The van der Waals surface area contributed by atoms with Crippen LogP contribution in [0.3, 0.4) is 0 Å². The third-order valence-corrected chi connectivity index (χ3v) is 9.03. The average Bonchev–Trinajstić information content (AvgIpc) is 3.15. The number of hydrogen-bond acceptors (Lipinski definition) is 7. The van der Waals surface area contributed by atoms with Crippen LogP contribution in [-0.2, 0) is 9.59 Å². The summed E-state index contributed by atoms with van der Waals surface area (Å²) in [7, 11) is 3.90. The van der Waals surface area contributed by atoms with Crippen LogP contribution in [0.2, 0.25) is 0 Å². The zero-order chi connectivity index (χ0) is 34.9. The van der Waals surface area contributed by atoms with Crippen molar-refractivity contribution in [2.45, 2.75) is 10.1 Å². The third-order valence-electron chi connectivity index (χ3n) is 7.77. The molecule has 1 unspecified atom stereocenters. The quantitative estimate of drug-likeness (QED) is 0.0983. The highest BCUT2D eigenvalue weighted by molar-refractivity contribution is 8.00. The monoisotopic (exact) mass is 684 g/mol. The van der Waals surface area contributed by atoms with Gasteiger partial charge in [-0.3, -0.25) is 14.4 Å². The molecule has 10 heteroatoms. The van der Waals surface area contributed by atoms with Crippen LogP contribution in [0.1, 0.15) is 26.7 Å². The zero-order valence-electron chi connectivity index (χ0n) is 27.6. The van der Waals surface area contributed by atoms with E-state index in [4.69, 9.17) is 9.47 Å². The number of carbonyl (C=O) groups excluding carboxylic acids is 3. The Balaban J connectivity index is 1.18. The van der Waals surface area contributed by atoms with Crippen LogP contribution in [0.15, 0.2) is 138 Å². The number of carbonyl (C=O) groups is 3. The molecule has 0 aromatic heterocycles. The van der Waals surface area contributed by atoms with Gasteiger partial charge in [0.05, 0.1) is 0 Å². The lowest BCUT2D eigenvalue weighted by Crippen LogP contribution is -2.30. The van der Waals surface area contributed by atoms with Crippen molar-refractivity contribution < 1.29 is 23.9 Å². The van der Waals surface area contributed by atoms with Crippen molar-refractivity contribution in [2.75, 3.05) is 42.8 Å². The molecular formula is C40H36N4O5S. The van der Waals surface area contributed by atoms with E-state index in [2.05, 4.69) is 16.0 Å². The molecule has 5 aromatic rings. The maximum atomic E-state index is 13.7. The second kappa shape index (κ2) is 15.9. The molecule has 3 amide bonds. The van der Waals surface area contributed by atoms with Gasteiger partial charge in [-0.05, 0) is 77.9 Å². The fraction of sp³-hybridized carbons (Fsp3) is 0.125. The van der Waals surface area contributed by atoms with Gasteiger partial charge in [-0.2, -0.15) is 0 Å². The van der Waals surface area contributed by atoms with Crippen LogP contribution in [0.5, 0.6) is 11.5 Å². The summed E-state index contributed by atoms with van der Waals surface area (Å²) in [5, 5.41) is 8.14. The highest BCUT2D eigenvalue weighted by Crippen LogP contribution is 2.38. The van der Waals surface area contributed by atoms with Gasteiger partial charge in [-0.1, -0.05) is 60.7 Å². The summed E-state index contributed by atoms with van der Waals surface area (Å²) in [6, 6.07) is 38.5. The van der Waals surface area contributed by atoms with Gasteiger partial charge in [-0.25, -0.2) is 0 Å². The molecule has 0 fully saturated rings. The van der Waals surface area contributed by atoms with Crippen molar-refractivity contribution in [1.82, 2.24) is 5.32 Å². The van der Waals surface area contributed by atoms with E-state index in [9.17, 15) is 14.4 Å². The lowest BCUT2D eigenvalue weighted by Gasteiger charge is -2.20. The molecule has 0 bridgehead atoms. The van der Waals surface area contributed by atoms with Crippen molar-refractivity contribution in [3.8, 4) is 11.5 Å². The average molecular weight is 685 g/mol. The van der Waals surface area contributed by atoms with E-state index in [1.165, 1.54) is 11.8 Å². The molecule has 252 valence electrons. The Morgan fingerprint density at radius 1 is 0.720 bits per heavy atom. The van der Waals surface area contributed by atoms with E-state index in [1.807, 2.05) is 91.8 Å². The lowest BCUT2D eigenvalue weighted by molar-refractivity contribution is -0.116. The molecule has 3 N–H and O–H groups in total. The number of hydrogen-bond donors (Lipinski definition) is 3. The van der Waals surface area contributed by atoms with Gasteiger partial charge in [0.25, 0.3) is 11.8 Å². The lowest BCUT2D eigenvalue weighted by atomic mass is 10.1. The summed E-state index contributed by atoms with van der Waals surface area (Å²) in [5.41, 5.74) is 4.26. The van der Waals surface area contributed by atoms with Crippen molar-refractivity contribution in [1.29, 1.82) is 0 Å². The summed E-state index contributed by atoms with van der Waals surface area (Å²) in [5.74, 6) is 0.168. The molecule has 1 atom stereocenters. The summed E-state index contributed by atoms with van der Waals surface area (Å²) in [6.45, 7) is 0.941. The topological polar surface area (TPSA) is 109 Å². The summed E-state index contributed by atoms with van der Waals surface area (Å²) >= 11 is 1.39. The SMILES string of the molecule is CN(C)c1ccc(/C=C(\NC(=O)c2ccccc2)C(=O)Nc2ccc(SC(C(=O)Nc3ccc4c(c3)OCCO4)c3ccccc3)cc2)cc1. The Morgan fingerprint density at radius 2 is 1.36 bits per heavy atom. The molecule has 0 saturated carbocycles. The standard InChI is InChI=1S/C40H36N4O5S/c1-44(2)32-18-13-27(14-19-32)25-34(43-38(45)29-11-7-4-8-12-29)39(46)41-30-15-20-33(21-16-30)50-37(28-9-5-3-6-10-28)40(47)42-31-17-22-35-36(26-31)49-24-23-48-35/h3-22,25-26,37H,23-24H2,1-2H3,(H,41,46)(H,42,47)(H,43,45)/b34-25-. The van der Waals surface area contributed by atoms with E-state index in [0.717, 1.165) is 21.7 Å². The fourth-order valence-electron chi connectivity index (χ4n) is 5.16. The highest BCUT2D eigenvalue weighted by Gasteiger charge is 2.23. The minimum Gasteiger partial charge on any atom is -0.486 e. The van der Waals surface area contributed by atoms with Crippen LogP contribution in [0, 0.1) is 0 Å². The van der Waals surface area contributed by atoms with E-state index in [-0.39, 0.29) is 11.6 Å². The number of ether oxygens (including phenoxy) is 2. The van der Waals surface area contributed by atoms with Crippen molar-refractivity contribution in [3.63, 3.8) is 0 Å². The van der Waals surface area contributed by atoms with Crippen molar-refractivity contribution in [2.24, 2.45) is 0 Å². The van der Waals surface area contributed by atoms with Crippen LogP contribution >= 0.6 is 11.8 Å². The molecule has 50 heavy (non-hydrogen) atoms. The van der Waals surface area contributed by atoms with Crippen LogP contribution < -0.4 is 30.3 Å². The van der Waals surface area contributed by atoms with Gasteiger partial charge in [0.15, 0.2) is 11.5 Å². The number of rotatable bonds is 11. The molecule has 0 radical (unpaired) electrons. The Morgan fingerprint density at radius 3 is 2.04 bits per heavy atom. The van der Waals surface area contributed by atoms with Gasteiger partial charge < -0.3 is 30.3 Å². The van der Waals surface area contributed by atoms with Crippen molar-refractivity contribution >= 4 is 52.6 Å². The largest absolute Gasteiger partial charge is 0.486 e. The summed E-state index contributed by atoms with van der Waals surface area (Å²) in [4.78, 5) is 43.1. The second-order valence-corrected chi connectivity index (χ2v) is 12.8. The Labute approximate surface area is 295 Å². The van der Waals surface area contributed by atoms with E-state index >= 15 is 0 Å². The smallest absolute Gasteiger partial charge is 0.272 e. The van der Waals surface area contributed by atoms with E-state index in [1.54, 1.807) is 60.7 Å². The van der Waals surface area contributed by atoms with Gasteiger partial charge in [-0.15, -0.1) is 11.8 Å². The first-order valence-corrected chi connectivity index (χ1v) is 16.9. The number of anilines is 3. The number of fused-ring (bicyclic) bond motifs is 1. The minimum atomic E-state index is -0.563. The molecule has 0 aliphatic carbocycles. The molecular weight excluding hydrogens is 649 g/mol. The Bertz CT molecular complexity index is 1980. The van der Waals surface area contributed by atoms with Gasteiger partial charge >= 0.3 is 0 Å². The first-order chi connectivity index (χ1) is 24.3. The molecule has 5 aromatic carbocycles. The summed E-state index contributed by atoms with van der Waals surface area (Å²) < 4.78 is 11.3. The second-order valence-electron chi connectivity index (χ2n) is 11.6. The maximum absolute atomic E-state index is 13.7. The number of nitrogens with one attached hydrogen (secondary N) is 3. The molecule has 1 heterocycles. The minimum absolute atomic E-state index is 0.0925. The molecule has 9 nitrogen and oxygen atoms in total. The number of thioether (sulfide) groups is 1. The van der Waals surface area contributed by atoms with Gasteiger partial charge in [0, 0.05) is 47.7 Å². The van der Waals surface area contributed by atoms with E-state index in [0.29, 0.717) is 41.7 Å². The van der Waals surface area contributed by atoms with Crippen molar-refractivity contribution in [3.05, 3.63) is 150 Å².